The molecule has 0 aliphatic heterocycles. The van der Waals surface area contributed by atoms with Crippen molar-refractivity contribution in [3.05, 3.63) is 28.5 Å². The van der Waals surface area contributed by atoms with E-state index in [0.29, 0.717) is 11.4 Å². The van der Waals surface area contributed by atoms with Crippen LogP contribution in [0.1, 0.15) is 11.4 Å². The second-order valence-corrected chi connectivity index (χ2v) is 3.94. The van der Waals surface area contributed by atoms with E-state index in [1.165, 1.54) is 0 Å². The third-order valence-corrected chi connectivity index (χ3v) is 2.70. The number of nitriles is 1. The van der Waals surface area contributed by atoms with Crippen molar-refractivity contribution in [2.45, 2.75) is 13.3 Å². The molecule has 15 heavy (non-hydrogen) atoms. The maximum Gasteiger partial charge on any atom is 0.123 e. The molecule has 0 unspecified atom stereocenters. The lowest BCUT2D eigenvalue weighted by atomic mass is 10.2. The maximum absolute atomic E-state index is 8.66. The molecule has 0 N–H and O–H groups in total. The summed E-state index contributed by atoms with van der Waals surface area (Å²) in [6.45, 7) is 1.99. The standard InChI is InChI=1S/C11H10ClN3/c1-7-5-8(12)11-9(6-7)15(2)10(14-11)3-4-13/h5-6H,3H2,1-2H3. The van der Waals surface area contributed by atoms with Gasteiger partial charge in [-0.1, -0.05) is 11.6 Å². The number of imidazole rings is 1. The summed E-state index contributed by atoms with van der Waals surface area (Å²) in [6, 6.07) is 6.00. The highest BCUT2D eigenvalue weighted by molar-refractivity contribution is 6.35. The number of hydrogen-bond donors (Lipinski definition) is 0. The van der Waals surface area contributed by atoms with Crippen molar-refractivity contribution in [2.24, 2.45) is 7.05 Å². The molecule has 0 aliphatic rings. The summed E-state index contributed by atoms with van der Waals surface area (Å²) in [5, 5.41) is 9.30. The van der Waals surface area contributed by atoms with Gasteiger partial charge in [-0.3, -0.25) is 0 Å². The Labute approximate surface area is 92.9 Å². The first-order valence-corrected chi connectivity index (χ1v) is 4.99. The Kier molecular flexibility index (Phi) is 2.37. The van der Waals surface area contributed by atoms with Gasteiger partial charge in [0.2, 0.25) is 0 Å². The van der Waals surface area contributed by atoms with Gasteiger partial charge in [-0.2, -0.15) is 5.26 Å². The highest BCUT2D eigenvalue weighted by Crippen LogP contribution is 2.25. The number of hydrogen-bond acceptors (Lipinski definition) is 2. The van der Waals surface area contributed by atoms with Gasteiger partial charge in [0.1, 0.15) is 11.3 Å². The lowest BCUT2D eigenvalue weighted by molar-refractivity contribution is 0.857. The van der Waals surface area contributed by atoms with Gasteiger partial charge < -0.3 is 4.57 Å². The third kappa shape index (κ3) is 1.57. The van der Waals surface area contributed by atoms with Crippen molar-refractivity contribution in [3.8, 4) is 6.07 Å². The summed E-state index contributed by atoms with van der Waals surface area (Å²) < 4.78 is 1.91. The SMILES string of the molecule is Cc1cc(Cl)c2nc(CC#N)n(C)c2c1. The van der Waals surface area contributed by atoms with E-state index in [1.807, 2.05) is 30.7 Å². The molecule has 1 aromatic carbocycles. The fraction of sp³-hybridized carbons (Fsp3) is 0.273. The van der Waals surface area contributed by atoms with Crippen LogP contribution in [0, 0.1) is 18.3 Å². The van der Waals surface area contributed by atoms with Crippen LogP contribution in [0.15, 0.2) is 12.1 Å². The van der Waals surface area contributed by atoms with Crippen LogP contribution < -0.4 is 0 Å². The summed E-state index contributed by atoms with van der Waals surface area (Å²) in [5.74, 6) is 0.750. The fourth-order valence-electron chi connectivity index (χ4n) is 1.65. The molecule has 2 rings (SSSR count). The van der Waals surface area contributed by atoms with Crippen LogP contribution in [0.3, 0.4) is 0 Å². The number of benzene rings is 1. The van der Waals surface area contributed by atoms with E-state index < -0.39 is 0 Å². The fourth-order valence-corrected chi connectivity index (χ4v) is 1.97. The number of fused-ring (bicyclic) bond motifs is 1. The number of aromatic nitrogens is 2. The first-order chi connectivity index (χ1) is 7.13. The summed E-state index contributed by atoms with van der Waals surface area (Å²) in [5.41, 5.74) is 2.85. The van der Waals surface area contributed by atoms with Crippen LogP contribution in [-0.2, 0) is 13.5 Å². The number of nitrogens with zero attached hydrogens (tertiary/aromatic N) is 3. The zero-order valence-corrected chi connectivity index (χ0v) is 9.34. The predicted octanol–water partition coefficient (Wildman–Crippen LogP) is 2.60. The lowest BCUT2D eigenvalue weighted by Crippen LogP contribution is -1.95. The minimum absolute atomic E-state index is 0.306. The molecule has 0 aliphatic carbocycles. The van der Waals surface area contributed by atoms with Crippen LogP contribution in [0.5, 0.6) is 0 Å². The first kappa shape index (κ1) is 10.0. The van der Waals surface area contributed by atoms with Gasteiger partial charge in [0.15, 0.2) is 0 Å². The van der Waals surface area contributed by atoms with Gasteiger partial charge in [0.25, 0.3) is 0 Å². The van der Waals surface area contributed by atoms with E-state index in [-0.39, 0.29) is 0 Å². The first-order valence-electron chi connectivity index (χ1n) is 4.62. The Balaban J connectivity index is 2.77. The Bertz CT molecular complexity index is 563. The van der Waals surface area contributed by atoms with E-state index in [1.54, 1.807) is 0 Å². The summed E-state index contributed by atoms with van der Waals surface area (Å²) >= 11 is 6.09. The topological polar surface area (TPSA) is 41.6 Å². The zero-order chi connectivity index (χ0) is 11.0. The number of aryl methyl sites for hydroxylation is 2. The second-order valence-electron chi connectivity index (χ2n) is 3.54. The molecular formula is C11H10ClN3. The van der Waals surface area contributed by atoms with Crippen molar-refractivity contribution >= 4 is 22.6 Å². The second kappa shape index (κ2) is 3.56. The smallest absolute Gasteiger partial charge is 0.123 e. The monoisotopic (exact) mass is 219 g/mol. The van der Waals surface area contributed by atoms with Crippen LogP contribution >= 0.6 is 11.6 Å². The van der Waals surface area contributed by atoms with Crippen LogP contribution in [0.25, 0.3) is 11.0 Å². The molecule has 2 aromatic rings. The Morgan fingerprint density at radius 1 is 1.53 bits per heavy atom. The molecule has 0 saturated heterocycles. The highest BCUT2D eigenvalue weighted by atomic mass is 35.5. The molecule has 0 saturated carbocycles. The molecule has 0 amide bonds. The Morgan fingerprint density at radius 2 is 2.27 bits per heavy atom. The molecule has 76 valence electrons. The van der Waals surface area contributed by atoms with Crippen molar-refractivity contribution in [3.63, 3.8) is 0 Å². The highest BCUT2D eigenvalue weighted by Gasteiger charge is 2.10. The third-order valence-electron chi connectivity index (χ3n) is 2.41. The lowest BCUT2D eigenvalue weighted by Gasteiger charge is -1.99. The van der Waals surface area contributed by atoms with Gasteiger partial charge in [-0.05, 0) is 24.6 Å². The van der Waals surface area contributed by atoms with Gasteiger partial charge >= 0.3 is 0 Å². The maximum atomic E-state index is 8.66. The summed E-state index contributed by atoms with van der Waals surface area (Å²) in [4.78, 5) is 4.35. The van der Waals surface area contributed by atoms with Crippen LogP contribution in [-0.4, -0.2) is 9.55 Å². The van der Waals surface area contributed by atoms with Gasteiger partial charge in [0.05, 0.1) is 23.0 Å². The number of halogens is 1. The van der Waals surface area contributed by atoms with Crippen molar-refractivity contribution in [1.82, 2.24) is 9.55 Å². The van der Waals surface area contributed by atoms with Crippen molar-refractivity contribution in [1.29, 1.82) is 5.26 Å². The average molecular weight is 220 g/mol. The minimum Gasteiger partial charge on any atom is -0.330 e. The minimum atomic E-state index is 0.306. The molecule has 0 fully saturated rings. The average Bonchev–Trinajstić information content (AvgIpc) is 2.47. The zero-order valence-electron chi connectivity index (χ0n) is 8.58. The molecule has 0 radical (unpaired) electrons. The van der Waals surface area contributed by atoms with E-state index in [0.717, 1.165) is 22.4 Å². The largest absolute Gasteiger partial charge is 0.330 e. The molecule has 1 heterocycles. The van der Waals surface area contributed by atoms with E-state index in [4.69, 9.17) is 16.9 Å². The van der Waals surface area contributed by atoms with Crippen molar-refractivity contribution < 1.29 is 0 Å². The van der Waals surface area contributed by atoms with Gasteiger partial charge in [-0.15, -0.1) is 0 Å². The van der Waals surface area contributed by atoms with E-state index in [9.17, 15) is 0 Å². The predicted molar refractivity (Wildman–Crippen MR) is 59.8 cm³/mol. The van der Waals surface area contributed by atoms with Crippen LogP contribution in [0.4, 0.5) is 0 Å². The van der Waals surface area contributed by atoms with Gasteiger partial charge in [-0.25, -0.2) is 4.98 Å². The molecule has 3 nitrogen and oxygen atoms in total. The van der Waals surface area contributed by atoms with Crippen LogP contribution in [0.2, 0.25) is 5.02 Å². The molecule has 0 bridgehead atoms. The molecule has 1 aromatic heterocycles. The Morgan fingerprint density at radius 3 is 2.93 bits per heavy atom. The quantitative estimate of drug-likeness (QED) is 0.740. The summed E-state index contributed by atoms with van der Waals surface area (Å²) in [7, 11) is 1.90. The normalized spacial score (nSPS) is 10.5. The van der Waals surface area contributed by atoms with Crippen molar-refractivity contribution in [2.75, 3.05) is 0 Å². The van der Waals surface area contributed by atoms with E-state index >= 15 is 0 Å². The molecule has 4 heteroatoms. The van der Waals surface area contributed by atoms with Gasteiger partial charge in [0, 0.05) is 7.05 Å². The molecule has 0 atom stereocenters. The molecule has 0 spiro atoms. The number of rotatable bonds is 1. The Hall–Kier alpha value is -1.53. The van der Waals surface area contributed by atoms with E-state index in [2.05, 4.69) is 11.1 Å². The molecular weight excluding hydrogens is 210 g/mol. The summed E-state index contributed by atoms with van der Waals surface area (Å²) in [6.07, 6.45) is 0.306.